The molecule has 1 unspecified atom stereocenters. The first-order chi connectivity index (χ1) is 16.3. The predicted molar refractivity (Wildman–Crippen MR) is 136 cm³/mol. The van der Waals surface area contributed by atoms with Crippen LogP contribution in [0.4, 0.5) is 4.39 Å². The molecule has 1 aliphatic heterocycles. The maximum absolute atomic E-state index is 14.6. The Morgan fingerprint density at radius 3 is 2.53 bits per heavy atom. The standard InChI is InChI=1S/C28H37FN4O/c1-6-9-25(28(34)32(5)22-12-14-31(4)15-13-22)33-26-17-20(3)19(2)16-24(26)30-27(33)18-21-10-7-8-11-23(21)29/h7-8,10-11,16-17,22,25H,6,9,12-15,18H2,1-5H3. The lowest BCUT2D eigenvalue weighted by molar-refractivity contribution is -0.136. The molecule has 1 aliphatic rings. The lowest BCUT2D eigenvalue weighted by atomic mass is 10.0. The Morgan fingerprint density at radius 2 is 1.85 bits per heavy atom. The maximum Gasteiger partial charge on any atom is 0.245 e. The molecule has 5 nitrogen and oxygen atoms in total. The van der Waals surface area contributed by atoms with Crippen molar-refractivity contribution in [3.8, 4) is 0 Å². The van der Waals surface area contributed by atoms with Crippen molar-refractivity contribution in [3.05, 3.63) is 64.7 Å². The molecular weight excluding hydrogens is 427 g/mol. The molecule has 2 aromatic carbocycles. The van der Waals surface area contributed by atoms with E-state index in [1.165, 1.54) is 6.07 Å². The first-order valence-electron chi connectivity index (χ1n) is 12.5. The molecule has 1 atom stereocenters. The van der Waals surface area contributed by atoms with E-state index in [2.05, 4.69) is 49.4 Å². The van der Waals surface area contributed by atoms with Crippen molar-refractivity contribution in [3.63, 3.8) is 0 Å². The van der Waals surface area contributed by atoms with Crippen LogP contribution in [0.15, 0.2) is 36.4 Å². The van der Waals surface area contributed by atoms with Crippen LogP contribution >= 0.6 is 0 Å². The number of carbonyl (C=O) groups is 1. The molecule has 1 saturated heterocycles. The van der Waals surface area contributed by atoms with Gasteiger partial charge >= 0.3 is 0 Å². The van der Waals surface area contributed by atoms with Crippen molar-refractivity contribution in [1.82, 2.24) is 19.4 Å². The van der Waals surface area contributed by atoms with Crippen LogP contribution in [0.25, 0.3) is 11.0 Å². The molecule has 0 bridgehead atoms. The minimum atomic E-state index is -0.358. The highest BCUT2D eigenvalue weighted by Gasteiger charge is 2.32. The third kappa shape index (κ3) is 4.88. The van der Waals surface area contributed by atoms with Crippen LogP contribution in [0.5, 0.6) is 0 Å². The number of hydrogen-bond donors (Lipinski definition) is 0. The van der Waals surface area contributed by atoms with E-state index >= 15 is 0 Å². The lowest BCUT2D eigenvalue weighted by Crippen LogP contribution is -2.47. The largest absolute Gasteiger partial charge is 0.341 e. The summed E-state index contributed by atoms with van der Waals surface area (Å²) >= 11 is 0. The number of fused-ring (bicyclic) bond motifs is 1. The second-order valence-electron chi connectivity index (χ2n) is 9.88. The number of benzene rings is 2. The Balaban J connectivity index is 1.78. The van der Waals surface area contributed by atoms with Crippen molar-refractivity contribution in [2.75, 3.05) is 27.2 Å². The molecule has 34 heavy (non-hydrogen) atoms. The monoisotopic (exact) mass is 464 g/mol. The SMILES string of the molecule is CCCC(C(=O)N(C)C1CCN(C)CC1)n1c(Cc2ccccc2F)nc2cc(C)c(C)cc21. The van der Waals surface area contributed by atoms with Gasteiger partial charge in [-0.15, -0.1) is 0 Å². The van der Waals surface area contributed by atoms with Gasteiger partial charge in [0.05, 0.1) is 11.0 Å². The average Bonchev–Trinajstić information content (AvgIpc) is 3.15. The Bertz CT molecular complexity index is 1160. The third-order valence-corrected chi connectivity index (χ3v) is 7.43. The third-order valence-electron chi connectivity index (χ3n) is 7.43. The molecule has 1 aromatic heterocycles. The van der Waals surface area contributed by atoms with E-state index in [0.29, 0.717) is 12.0 Å². The molecule has 0 N–H and O–H groups in total. The van der Waals surface area contributed by atoms with Crippen LogP contribution in [0, 0.1) is 19.7 Å². The van der Waals surface area contributed by atoms with E-state index in [4.69, 9.17) is 4.98 Å². The summed E-state index contributed by atoms with van der Waals surface area (Å²) < 4.78 is 16.7. The molecule has 3 aromatic rings. The molecule has 2 heterocycles. The van der Waals surface area contributed by atoms with Gasteiger partial charge in [0.15, 0.2) is 0 Å². The Morgan fingerprint density at radius 1 is 1.18 bits per heavy atom. The molecule has 0 radical (unpaired) electrons. The van der Waals surface area contributed by atoms with Gasteiger partial charge in [-0.1, -0.05) is 31.5 Å². The summed E-state index contributed by atoms with van der Waals surface area (Å²) in [4.78, 5) is 23.2. The van der Waals surface area contributed by atoms with E-state index in [1.54, 1.807) is 12.1 Å². The Labute approximate surface area is 202 Å². The van der Waals surface area contributed by atoms with E-state index in [-0.39, 0.29) is 23.8 Å². The summed E-state index contributed by atoms with van der Waals surface area (Å²) in [7, 11) is 4.08. The summed E-state index contributed by atoms with van der Waals surface area (Å²) in [5, 5.41) is 0. The number of nitrogens with zero attached hydrogens (tertiary/aromatic N) is 4. The van der Waals surface area contributed by atoms with Crippen LogP contribution in [-0.4, -0.2) is 58.5 Å². The van der Waals surface area contributed by atoms with Gasteiger partial charge in [-0.3, -0.25) is 4.79 Å². The molecule has 1 fully saturated rings. The van der Waals surface area contributed by atoms with Gasteiger partial charge in [0.25, 0.3) is 0 Å². The highest BCUT2D eigenvalue weighted by molar-refractivity contribution is 5.85. The van der Waals surface area contributed by atoms with Crippen LogP contribution in [0.2, 0.25) is 0 Å². The lowest BCUT2D eigenvalue weighted by Gasteiger charge is -2.37. The van der Waals surface area contributed by atoms with Crippen LogP contribution < -0.4 is 0 Å². The molecule has 4 rings (SSSR count). The minimum absolute atomic E-state index is 0.128. The summed E-state index contributed by atoms with van der Waals surface area (Å²) in [6, 6.07) is 10.9. The van der Waals surface area contributed by atoms with Crippen molar-refractivity contribution >= 4 is 16.9 Å². The van der Waals surface area contributed by atoms with E-state index < -0.39 is 0 Å². The summed E-state index contributed by atoms with van der Waals surface area (Å²) in [5.41, 5.74) is 4.75. The number of rotatable bonds is 7. The van der Waals surface area contributed by atoms with E-state index in [9.17, 15) is 9.18 Å². The second-order valence-corrected chi connectivity index (χ2v) is 9.88. The fraction of sp³-hybridized carbons (Fsp3) is 0.500. The summed E-state index contributed by atoms with van der Waals surface area (Å²) in [6.45, 7) is 8.29. The van der Waals surface area contributed by atoms with Crippen LogP contribution in [0.1, 0.15) is 61.2 Å². The van der Waals surface area contributed by atoms with Crippen molar-refractivity contribution < 1.29 is 9.18 Å². The molecule has 0 spiro atoms. The fourth-order valence-corrected chi connectivity index (χ4v) is 5.12. The minimum Gasteiger partial charge on any atom is -0.341 e. The number of carbonyl (C=O) groups excluding carboxylic acids is 1. The van der Waals surface area contributed by atoms with Gasteiger partial charge < -0.3 is 14.4 Å². The van der Waals surface area contributed by atoms with Gasteiger partial charge in [-0.2, -0.15) is 0 Å². The number of hydrogen-bond acceptors (Lipinski definition) is 3. The first kappa shape index (κ1) is 24.4. The molecule has 182 valence electrons. The van der Waals surface area contributed by atoms with Gasteiger partial charge in [-0.05, 0) is 88.1 Å². The Kier molecular flexibility index (Phi) is 7.36. The van der Waals surface area contributed by atoms with Gasteiger partial charge in [0.1, 0.15) is 17.7 Å². The number of amides is 1. The van der Waals surface area contributed by atoms with Gasteiger partial charge in [0.2, 0.25) is 5.91 Å². The first-order valence-corrected chi connectivity index (χ1v) is 12.5. The molecule has 0 saturated carbocycles. The number of aryl methyl sites for hydroxylation is 2. The maximum atomic E-state index is 14.6. The highest BCUT2D eigenvalue weighted by atomic mass is 19.1. The number of imidazole rings is 1. The fourth-order valence-electron chi connectivity index (χ4n) is 5.12. The number of piperidine rings is 1. The smallest absolute Gasteiger partial charge is 0.245 e. The van der Waals surface area contributed by atoms with Crippen molar-refractivity contribution in [1.29, 1.82) is 0 Å². The zero-order chi connectivity index (χ0) is 24.4. The number of aromatic nitrogens is 2. The molecule has 1 amide bonds. The van der Waals surface area contributed by atoms with Crippen LogP contribution in [0.3, 0.4) is 0 Å². The normalized spacial score (nSPS) is 16.2. The topological polar surface area (TPSA) is 41.4 Å². The molecule has 6 heteroatoms. The summed E-state index contributed by atoms with van der Waals surface area (Å²) in [6.07, 6.45) is 3.93. The predicted octanol–water partition coefficient (Wildman–Crippen LogP) is 5.28. The van der Waals surface area contributed by atoms with Gasteiger partial charge in [0, 0.05) is 19.5 Å². The van der Waals surface area contributed by atoms with Crippen molar-refractivity contribution in [2.24, 2.45) is 0 Å². The molecule has 0 aliphatic carbocycles. The van der Waals surface area contributed by atoms with Crippen molar-refractivity contribution in [2.45, 2.75) is 65.0 Å². The number of likely N-dealkylation sites (N-methyl/N-ethyl adjacent to an activating group) is 1. The zero-order valence-electron chi connectivity index (χ0n) is 21.1. The average molecular weight is 465 g/mol. The molecular formula is C28H37FN4O. The number of halogens is 1. The quantitative estimate of drug-likeness (QED) is 0.478. The zero-order valence-corrected chi connectivity index (χ0v) is 21.1. The second kappa shape index (κ2) is 10.3. The number of likely N-dealkylation sites (tertiary alicyclic amines) is 1. The van der Waals surface area contributed by atoms with E-state index in [0.717, 1.165) is 66.8 Å². The van der Waals surface area contributed by atoms with Gasteiger partial charge in [-0.25, -0.2) is 9.37 Å². The van der Waals surface area contributed by atoms with Crippen LogP contribution in [-0.2, 0) is 11.2 Å². The Hall–Kier alpha value is -2.73. The summed E-state index contributed by atoms with van der Waals surface area (Å²) in [5.74, 6) is 0.632. The van der Waals surface area contributed by atoms with E-state index in [1.807, 2.05) is 18.0 Å². The highest BCUT2D eigenvalue weighted by Crippen LogP contribution is 2.30.